The number of hydrogen-bond donors (Lipinski definition) is 1. The van der Waals surface area contributed by atoms with Gasteiger partial charge in [-0.2, -0.15) is 0 Å². The van der Waals surface area contributed by atoms with Crippen LogP contribution in [0.3, 0.4) is 0 Å². The van der Waals surface area contributed by atoms with Gasteiger partial charge >= 0.3 is 11.9 Å². The molecule has 0 saturated heterocycles. The third-order valence-corrected chi connectivity index (χ3v) is 1.41. The Balaban J connectivity index is 0. The summed E-state index contributed by atoms with van der Waals surface area (Å²) in [5.41, 5.74) is 4.64. The molecule has 2 N–H and O–H groups in total. The first-order chi connectivity index (χ1) is 6.31. The highest BCUT2D eigenvalue weighted by Gasteiger charge is 2.30. The van der Waals surface area contributed by atoms with E-state index >= 15 is 0 Å². The van der Waals surface area contributed by atoms with Crippen LogP contribution in [0, 0.1) is 5.92 Å². The number of methoxy groups -OCH3 is 1. The smallest absolute Gasteiger partial charge is 0.322 e. The van der Waals surface area contributed by atoms with Crippen LogP contribution in [0.2, 0.25) is 0 Å². The maximum absolute atomic E-state index is 11.4. The van der Waals surface area contributed by atoms with Crippen molar-refractivity contribution in [3.05, 3.63) is 0 Å². The molecule has 0 heterocycles. The highest BCUT2D eigenvalue weighted by molar-refractivity contribution is 5.95. The molecule has 0 saturated carbocycles. The summed E-state index contributed by atoms with van der Waals surface area (Å²) in [5.74, 6) is -2.34. The van der Waals surface area contributed by atoms with Crippen LogP contribution in [-0.4, -0.2) is 31.2 Å². The molecule has 6 heteroatoms. The molecule has 5 nitrogen and oxygen atoms in total. The first-order valence-electron chi connectivity index (χ1n) is 4.32. The van der Waals surface area contributed by atoms with Crippen molar-refractivity contribution in [2.24, 2.45) is 11.7 Å². The van der Waals surface area contributed by atoms with Crippen molar-refractivity contribution in [3.63, 3.8) is 0 Å². The van der Waals surface area contributed by atoms with E-state index in [2.05, 4.69) is 4.74 Å². The fourth-order valence-corrected chi connectivity index (χ4v) is 0.804. The lowest BCUT2D eigenvalue weighted by Gasteiger charge is -2.22. The minimum Gasteiger partial charge on any atom is -0.468 e. The molecular weight excluding hydrogens is 222 g/mol. The molecule has 0 radical (unpaired) electrons. The van der Waals surface area contributed by atoms with Gasteiger partial charge in [0.05, 0.1) is 7.11 Å². The summed E-state index contributed by atoms with van der Waals surface area (Å²) >= 11 is 0. The molecule has 0 aromatic heterocycles. The Kier molecular flexibility index (Phi) is 7.35. The van der Waals surface area contributed by atoms with Crippen molar-refractivity contribution in [2.45, 2.75) is 26.4 Å². The number of carbonyl (C=O) groups is 2. The average molecular weight is 240 g/mol. The Morgan fingerprint density at radius 2 is 1.73 bits per heavy atom. The summed E-state index contributed by atoms with van der Waals surface area (Å²) < 4.78 is 9.41. The van der Waals surface area contributed by atoms with E-state index in [-0.39, 0.29) is 19.0 Å². The number of rotatable bonds is 3. The molecule has 15 heavy (non-hydrogen) atoms. The van der Waals surface area contributed by atoms with Gasteiger partial charge in [0.1, 0.15) is 5.60 Å². The Hall–Kier alpha value is -0.810. The fraction of sp³-hybridized carbons (Fsp3) is 0.778. The van der Waals surface area contributed by atoms with Crippen LogP contribution in [0.15, 0.2) is 0 Å². The number of esters is 2. The molecular formula is C9H18ClNO4. The molecule has 0 aromatic carbocycles. The Labute approximate surface area is 95.7 Å². The molecule has 0 bridgehead atoms. The second kappa shape index (κ2) is 6.63. The van der Waals surface area contributed by atoms with E-state index < -0.39 is 23.5 Å². The molecule has 0 spiro atoms. The average Bonchev–Trinajstić information content (AvgIpc) is 2.01. The van der Waals surface area contributed by atoms with E-state index in [9.17, 15) is 9.59 Å². The van der Waals surface area contributed by atoms with Crippen LogP contribution < -0.4 is 5.73 Å². The lowest BCUT2D eigenvalue weighted by molar-refractivity contribution is -0.167. The number of ether oxygens (including phenoxy) is 2. The molecule has 0 aliphatic heterocycles. The molecule has 0 aliphatic rings. The Morgan fingerprint density at radius 3 is 2.00 bits per heavy atom. The Bertz CT molecular complexity index is 225. The van der Waals surface area contributed by atoms with Crippen LogP contribution in [0.4, 0.5) is 0 Å². The first kappa shape index (κ1) is 16.6. The molecule has 0 rings (SSSR count). The molecule has 0 unspecified atom stereocenters. The zero-order valence-electron chi connectivity index (χ0n) is 9.40. The van der Waals surface area contributed by atoms with Crippen LogP contribution in [0.1, 0.15) is 20.8 Å². The minimum absolute atomic E-state index is 0. The predicted octanol–water partition coefficient (Wildman–Crippen LogP) is 0.498. The second-order valence-electron chi connectivity index (χ2n) is 3.84. The van der Waals surface area contributed by atoms with Crippen LogP contribution in [-0.2, 0) is 19.1 Å². The lowest BCUT2D eigenvalue weighted by Crippen LogP contribution is -2.37. The Morgan fingerprint density at radius 1 is 1.27 bits per heavy atom. The highest BCUT2D eigenvalue weighted by Crippen LogP contribution is 2.11. The topological polar surface area (TPSA) is 78.6 Å². The standard InChI is InChI=1S/C9H17NO4.ClH/c1-9(2,3)14-8(12)6(5-10)7(11)13-4;/h6H,5,10H2,1-4H3;1H/t6-;/m0./s1. The van der Waals surface area contributed by atoms with Gasteiger partial charge in [0.15, 0.2) is 5.92 Å². The van der Waals surface area contributed by atoms with Crippen molar-refractivity contribution in [2.75, 3.05) is 13.7 Å². The number of nitrogens with two attached hydrogens (primary N) is 1. The number of hydrogen-bond acceptors (Lipinski definition) is 5. The fourth-order valence-electron chi connectivity index (χ4n) is 0.804. The number of carbonyl (C=O) groups excluding carboxylic acids is 2. The van der Waals surface area contributed by atoms with Gasteiger partial charge in [-0.25, -0.2) is 0 Å². The van der Waals surface area contributed by atoms with Gasteiger partial charge in [-0.1, -0.05) is 0 Å². The van der Waals surface area contributed by atoms with Gasteiger partial charge in [0.25, 0.3) is 0 Å². The van der Waals surface area contributed by atoms with Gasteiger partial charge in [-0.3, -0.25) is 9.59 Å². The zero-order valence-corrected chi connectivity index (χ0v) is 10.2. The molecule has 1 atom stereocenters. The summed E-state index contributed by atoms with van der Waals surface area (Å²) in [5, 5.41) is 0. The molecule has 0 fully saturated rings. The van der Waals surface area contributed by atoms with E-state index in [0.29, 0.717) is 0 Å². The molecule has 90 valence electrons. The van der Waals surface area contributed by atoms with Gasteiger partial charge in [-0.15, -0.1) is 12.4 Å². The summed E-state index contributed by atoms with van der Waals surface area (Å²) in [4.78, 5) is 22.5. The summed E-state index contributed by atoms with van der Waals surface area (Å²) in [6.45, 7) is 5.04. The quantitative estimate of drug-likeness (QED) is 0.573. The van der Waals surface area contributed by atoms with Crippen molar-refractivity contribution in [1.82, 2.24) is 0 Å². The van der Waals surface area contributed by atoms with Crippen LogP contribution in [0.25, 0.3) is 0 Å². The van der Waals surface area contributed by atoms with Crippen LogP contribution >= 0.6 is 12.4 Å². The molecule has 0 aromatic rings. The highest BCUT2D eigenvalue weighted by atomic mass is 35.5. The molecule has 0 amide bonds. The monoisotopic (exact) mass is 239 g/mol. The number of halogens is 1. The van der Waals surface area contributed by atoms with Gasteiger partial charge in [0, 0.05) is 6.54 Å². The third-order valence-electron chi connectivity index (χ3n) is 1.41. The predicted molar refractivity (Wildman–Crippen MR) is 57.7 cm³/mol. The van der Waals surface area contributed by atoms with E-state index in [1.807, 2.05) is 0 Å². The second-order valence-corrected chi connectivity index (χ2v) is 3.84. The lowest BCUT2D eigenvalue weighted by atomic mass is 10.1. The largest absolute Gasteiger partial charge is 0.468 e. The SMILES string of the molecule is COC(=O)[C@H](CN)C(=O)OC(C)(C)C.Cl. The van der Waals surface area contributed by atoms with Crippen molar-refractivity contribution < 1.29 is 19.1 Å². The van der Waals surface area contributed by atoms with E-state index in [1.165, 1.54) is 7.11 Å². The van der Waals surface area contributed by atoms with Gasteiger partial charge in [-0.05, 0) is 20.8 Å². The summed E-state index contributed by atoms with van der Waals surface area (Å²) in [7, 11) is 1.20. The summed E-state index contributed by atoms with van der Waals surface area (Å²) in [6.07, 6.45) is 0. The third kappa shape index (κ3) is 6.30. The van der Waals surface area contributed by atoms with E-state index in [1.54, 1.807) is 20.8 Å². The van der Waals surface area contributed by atoms with Crippen molar-refractivity contribution in [3.8, 4) is 0 Å². The summed E-state index contributed by atoms with van der Waals surface area (Å²) in [6, 6.07) is 0. The first-order valence-corrected chi connectivity index (χ1v) is 4.32. The van der Waals surface area contributed by atoms with E-state index in [0.717, 1.165) is 0 Å². The van der Waals surface area contributed by atoms with Gasteiger partial charge < -0.3 is 15.2 Å². The van der Waals surface area contributed by atoms with Gasteiger partial charge in [0.2, 0.25) is 0 Å². The molecule has 0 aliphatic carbocycles. The maximum atomic E-state index is 11.4. The normalized spacial score (nSPS) is 12.3. The van der Waals surface area contributed by atoms with Crippen molar-refractivity contribution >= 4 is 24.3 Å². The van der Waals surface area contributed by atoms with E-state index in [4.69, 9.17) is 10.5 Å². The van der Waals surface area contributed by atoms with Crippen LogP contribution in [0.5, 0.6) is 0 Å². The van der Waals surface area contributed by atoms with Crippen molar-refractivity contribution in [1.29, 1.82) is 0 Å². The minimum atomic E-state index is -1.03. The zero-order chi connectivity index (χ0) is 11.4. The maximum Gasteiger partial charge on any atom is 0.322 e.